The molecule has 1 aliphatic carbocycles. The fourth-order valence-electron chi connectivity index (χ4n) is 2.88. The first-order valence-electron chi connectivity index (χ1n) is 7.69. The topological polar surface area (TPSA) is 46.9 Å². The summed E-state index contributed by atoms with van der Waals surface area (Å²) < 4.78 is 1.81. The normalized spacial score (nSPS) is 15.8. The van der Waals surface area contributed by atoms with Crippen LogP contribution in [0.2, 0.25) is 0 Å². The number of rotatable bonds is 4. The van der Waals surface area contributed by atoms with Gasteiger partial charge in [-0.05, 0) is 30.5 Å². The third kappa shape index (κ3) is 3.72. The summed E-state index contributed by atoms with van der Waals surface area (Å²) in [5.74, 6) is 0.106. The third-order valence-electron chi connectivity index (χ3n) is 3.99. The lowest BCUT2D eigenvalue weighted by atomic mass is 9.95. The summed E-state index contributed by atoms with van der Waals surface area (Å²) in [5, 5.41) is 7.46. The lowest BCUT2D eigenvalue weighted by Crippen LogP contribution is -2.37. The van der Waals surface area contributed by atoms with Crippen LogP contribution in [0.5, 0.6) is 0 Å². The lowest BCUT2D eigenvalue weighted by Gasteiger charge is -2.22. The zero-order chi connectivity index (χ0) is 14.5. The quantitative estimate of drug-likeness (QED) is 0.938. The Kier molecular flexibility index (Phi) is 4.34. The molecule has 0 unspecified atom stereocenters. The molecule has 1 aromatic heterocycles. The van der Waals surface area contributed by atoms with Gasteiger partial charge in [0.25, 0.3) is 0 Å². The van der Waals surface area contributed by atoms with Gasteiger partial charge in [0.1, 0.15) is 0 Å². The van der Waals surface area contributed by atoms with Crippen molar-refractivity contribution in [1.82, 2.24) is 15.1 Å². The number of benzene rings is 1. The van der Waals surface area contributed by atoms with Gasteiger partial charge in [0.15, 0.2) is 0 Å². The number of hydrogen-bond acceptors (Lipinski definition) is 2. The van der Waals surface area contributed by atoms with Crippen molar-refractivity contribution >= 4 is 5.91 Å². The van der Waals surface area contributed by atoms with Crippen LogP contribution in [0.15, 0.2) is 42.7 Å². The zero-order valence-electron chi connectivity index (χ0n) is 12.2. The lowest BCUT2D eigenvalue weighted by molar-refractivity contribution is -0.121. The molecule has 21 heavy (non-hydrogen) atoms. The molecule has 0 saturated heterocycles. The van der Waals surface area contributed by atoms with Crippen LogP contribution in [0.1, 0.15) is 37.7 Å². The Morgan fingerprint density at radius 3 is 2.71 bits per heavy atom. The molecule has 1 fully saturated rings. The van der Waals surface area contributed by atoms with Gasteiger partial charge in [-0.3, -0.25) is 4.79 Å². The number of hydrogen-bond donors (Lipinski definition) is 1. The number of carbonyl (C=O) groups is 1. The van der Waals surface area contributed by atoms with E-state index in [2.05, 4.69) is 10.4 Å². The Hall–Kier alpha value is -2.10. The molecule has 2 aromatic rings. The van der Waals surface area contributed by atoms with Crippen molar-refractivity contribution in [2.24, 2.45) is 0 Å². The van der Waals surface area contributed by atoms with Crippen molar-refractivity contribution < 1.29 is 4.79 Å². The molecule has 4 heteroatoms. The summed E-state index contributed by atoms with van der Waals surface area (Å²) >= 11 is 0. The molecule has 1 heterocycles. The number of carbonyl (C=O) groups excluding carboxylic acids is 1. The minimum absolute atomic E-state index is 0.106. The van der Waals surface area contributed by atoms with Crippen LogP contribution in [0.25, 0.3) is 5.69 Å². The van der Waals surface area contributed by atoms with Crippen molar-refractivity contribution in [3.8, 4) is 5.69 Å². The standard InChI is InChI=1S/C17H21N3O/c21-17(19-15-7-3-1-4-8-15)11-14-12-18-20(13-14)16-9-5-2-6-10-16/h2,5-6,9-10,12-13,15H,1,3-4,7-8,11H2,(H,19,21). The van der Waals surface area contributed by atoms with E-state index in [0.717, 1.165) is 24.1 Å². The minimum atomic E-state index is 0.106. The van der Waals surface area contributed by atoms with Crippen molar-refractivity contribution in [3.63, 3.8) is 0 Å². The molecule has 1 saturated carbocycles. The first-order chi connectivity index (χ1) is 10.3. The summed E-state index contributed by atoms with van der Waals surface area (Å²) in [5.41, 5.74) is 1.96. The summed E-state index contributed by atoms with van der Waals surface area (Å²) in [6.07, 6.45) is 10.1. The largest absolute Gasteiger partial charge is 0.353 e. The molecule has 1 N–H and O–H groups in total. The van der Waals surface area contributed by atoms with E-state index in [-0.39, 0.29) is 5.91 Å². The van der Waals surface area contributed by atoms with Gasteiger partial charge < -0.3 is 5.32 Å². The second-order valence-electron chi connectivity index (χ2n) is 5.71. The second kappa shape index (κ2) is 6.57. The fraction of sp³-hybridized carbons (Fsp3) is 0.412. The molecular formula is C17H21N3O. The van der Waals surface area contributed by atoms with Crippen LogP contribution in [0.3, 0.4) is 0 Å². The highest BCUT2D eigenvalue weighted by Gasteiger charge is 2.16. The fourth-order valence-corrected chi connectivity index (χ4v) is 2.88. The smallest absolute Gasteiger partial charge is 0.224 e. The van der Waals surface area contributed by atoms with Crippen LogP contribution >= 0.6 is 0 Å². The van der Waals surface area contributed by atoms with E-state index in [1.807, 2.05) is 41.2 Å². The van der Waals surface area contributed by atoms with Crippen LogP contribution in [-0.4, -0.2) is 21.7 Å². The monoisotopic (exact) mass is 283 g/mol. The van der Waals surface area contributed by atoms with Gasteiger partial charge in [-0.25, -0.2) is 4.68 Å². The molecule has 0 atom stereocenters. The predicted octanol–water partition coefficient (Wildman–Crippen LogP) is 2.86. The van der Waals surface area contributed by atoms with E-state index in [1.165, 1.54) is 19.3 Å². The van der Waals surface area contributed by atoms with Gasteiger partial charge in [-0.1, -0.05) is 37.5 Å². The van der Waals surface area contributed by atoms with Gasteiger partial charge in [0.2, 0.25) is 5.91 Å². The molecule has 3 rings (SSSR count). The SMILES string of the molecule is O=C(Cc1cnn(-c2ccccc2)c1)NC1CCCCC1. The van der Waals surface area contributed by atoms with E-state index in [1.54, 1.807) is 6.20 Å². The highest BCUT2D eigenvalue weighted by molar-refractivity contribution is 5.78. The number of aromatic nitrogens is 2. The summed E-state index contributed by atoms with van der Waals surface area (Å²) in [7, 11) is 0. The minimum Gasteiger partial charge on any atom is -0.353 e. The molecule has 0 spiro atoms. The van der Waals surface area contributed by atoms with Gasteiger partial charge in [-0.2, -0.15) is 5.10 Å². The average molecular weight is 283 g/mol. The molecule has 0 bridgehead atoms. The molecule has 110 valence electrons. The Balaban J connectivity index is 1.58. The van der Waals surface area contributed by atoms with Crippen LogP contribution in [0, 0.1) is 0 Å². The van der Waals surface area contributed by atoms with Crippen LogP contribution < -0.4 is 5.32 Å². The third-order valence-corrected chi connectivity index (χ3v) is 3.99. The highest BCUT2D eigenvalue weighted by atomic mass is 16.1. The first-order valence-corrected chi connectivity index (χ1v) is 7.69. The predicted molar refractivity (Wildman–Crippen MR) is 82.3 cm³/mol. The van der Waals surface area contributed by atoms with Crippen molar-refractivity contribution in [3.05, 3.63) is 48.3 Å². The van der Waals surface area contributed by atoms with E-state index >= 15 is 0 Å². The summed E-state index contributed by atoms with van der Waals surface area (Å²) in [6, 6.07) is 10.3. The van der Waals surface area contributed by atoms with Crippen LogP contribution in [0.4, 0.5) is 0 Å². The van der Waals surface area contributed by atoms with Crippen molar-refractivity contribution in [2.45, 2.75) is 44.6 Å². The van der Waals surface area contributed by atoms with Gasteiger partial charge in [-0.15, -0.1) is 0 Å². The Labute approximate surface area is 125 Å². The average Bonchev–Trinajstić information content (AvgIpc) is 2.97. The molecule has 0 radical (unpaired) electrons. The number of para-hydroxylation sites is 1. The molecule has 1 aliphatic rings. The number of amides is 1. The molecule has 4 nitrogen and oxygen atoms in total. The zero-order valence-corrected chi connectivity index (χ0v) is 12.2. The van der Waals surface area contributed by atoms with Gasteiger partial charge in [0.05, 0.1) is 18.3 Å². The second-order valence-corrected chi connectivity index (χ2v) is 5.71. The molecule has 1 aromatic carbocycles. The first kappa shape index (κ1) is 13.9. The van der Waals surface area contributed by atoms with E-state index in [0.29, 0.717) is 12.5 Å². The van der Waals surface area contributed by atoms with E-state index in [9.17, 15) is 4.79 Å². The molecule has 0 aliphatic heterocycles. The Morgan fingerprint density at radius 1 is 1.19 bits per heavy atom. The van der Waals surface area contributed by atoms with Gasteiger partial charge >= 0.3 is 0 Å². The summed E-state index contributed by atoms with van der Waals surface area (Å²) in [4.78, 5) is 12.1. The maximum absolute atomic E-state index is 12.1. The van der Waals surface area contributed by atoms with E-state index < -0.39 is 0 Å². The van der Waals surface area contributed by atoms with Crippen LogP contribution in [-0.2, 0) is 11.2 Å². The van der Waals surface area contributed by atoms with Crippen molar-refractivity contribution in [2.75, 3.05) is 0 Å². The molecule has 1 amide bonds. The van der Waals surface area contributed by atoms with Gasteiger partial charge in [0, 0.05) is 12.2 Å². The van der Waals surface area contributed by atoms with E-state index in [4.69, 9.17) is 0 Å². The Morgan fingerprint density at radius 2 is 1.95 bits per heavy atom. The van der Waals surface area contributed by atoms with Crippen molar-refractivity contribution in [1.29, 1.82) is 0 Å². The highest BCUT2D eigenvalue weighted by Crippen LogP contribution is 2.17. The number of nitrogens with zero attached hydrogens (tertiary/aromatic N) is 2. The maximum atomic E-state index is 12.1. The summed E-state index contributed by atoms with van der Waals surface area (Å²) in [6.45, 7) is 0. The number of nitrogens with one attached hydrogen (secondary N) is 1. The molecular weight excluding hydrogens is 262 g/mol. The maximum Gasteiger partial charge on any atom is 0.224 e. The Bertz CT molecular complexity index is 585.